The average molecular weight is 507 g/mol. The van der Waals surface area contributed by atoms with Gasteiger partial charge in [-0.25, -0.2) is 13.8 Å². The molecule has 0 radical (unpaired) electrons. The number of hydrogen-bond acceptors (Lipinski definition) is 5. The maximum atomic E-state index is 13.5. The predicted molar refractivity (Wildman–Crippen MR) is 133 cm³/mol. The first-order valence-electron chi connectivity index (χ1n) is 11.0. The Kier molecular flexibility index (Phi) is 6.45. The molecular formula is C26H20F2N4O3S. The summed E-state index contributed by atoms with van der Waals surface area (Å²) in [6, 6.07) is 12.1. The zero-order valence-corrected chi connectivity index (χ0v) is 19.6. The van der Waals surface area contributed by atoms with E-state index in [-0.39, 0.29) is 25.3 Å². The van der Waals surface area contributed by atoms with Gasteiger partial charge >= 0.3 is 0 Å². The Hall–Kier alpha value is -4.15. The van der Waals surface area contributed by atoms with E-state index < -0.39 is 23.1 Å². The molecule has 0 fully saturated rings. The van der Waals surface area contributed by atoms with Crippen molar-refractivity contribution in [2.45, 2.75) is 19.7 Å². The number of thiophene rings is 1. The largest absolute Gasteiger partial charge is 0.392 e. The number of pyridine rings is 2. The fraction of sp³-hybridized carbons (Fsp3) is 0.115. The smallest absolute Gasteiger partial charge is 0.263 e. The van der Waals surface area contributed by atoms with Crippen molar-refractivity contribution < 1.29 is 18.7 Å². The molecule has 0 saturated heterocycles. The van der Waals surface area contributed by atoms with Crippen LogP contribution in [0.2, 0.25) is 0 Å². The molecule has 1 amide bonds. The molecule has 5 rings (SSSR count). The molecule has 4 heterocycles. The van der Waals surface area contributed by atoms with Crippen molar-refractivity contribution in [3.63, 3.8) is 0 Å². The van der Waals surface area contributed by atoms with Crippen LogP contribution in [-0.2, 0) is 19.7 Å². The Balaban J connectivity index is 1.30. The van der Waals surface area contributed by atoms with Crippen LogP contribution in [0.1, 0.15) is 26.4 Å². The number of H-pyrrole nitrogens is 1. The lowest BCUT2D eigenvalue weighted by molar-refractivity contribution is 0.0949. The maximum Gasteiger partial charge on any atom is 0.263 e. The van der Waals surface area contributed by atoms with Crippen molar-refractivity contribution >= 4 is 28.3 Å². The van der Waals surface area contributed by atoms with Gasteiger partial charge < -0.3 is 20.0 Å². The number of aromatic nitrogens is 3. The van der Waals surface area contributed by atoms with Crippen LogP contribution in [0.25, 0.3) is 21.5 Å². The van der Waals surface area contributed by atoms with Crippen molar-refractivity contribution in [2.24, 2.45) is 0 Å². The molecule has 0 aliphatic heterocycles. The minimum atomic E-state index is -0.998. The molecule has 3 N–H and O–H groups in total. The van der Waals surface area contributed by atoms with Crippen LogP contribution in [-0.4, -0.2) is 25.5 Å². The van der Waals surface area contributed by atoms with E-state index in [0.717, 1.165) is 32.8 Å². The highest BCUT2D eigenvalue weighted by Crippen LogP contribution is 2.33. The van der Waals surface area contributed by atoms with E-state index in [2.05, 4.69) is 15.3 Å². The topological polar surface area (TPSA) is 100 Å². The van der Waals surface area contributed by atoms with Gasteiger partial charge in [0.05, 0.1) is 19.7 Å². The van der Waals surface area contributed by atoms with Crippen molar-refractivity contribution in [1.82, 2.24) is 19.9 Å². The summed E-state index contributed by atoms with van der Waals surface area (Å²) in [5.41, 5.74) is 2.20. The number of benzene rings is 1. The first-order chi connectivity index (χ1) is 17.4. The van der Waals surface area contributed by atoms with Crippen molar-refractivity contribution in [1.29, 1.82) is 0 Å². The second-order valence-corrected chi connectivity index (χ2v) is 9.32. The van der Waals surface area contributed by atoms with Crippen molar-refractivity contribution in [2.75, 3.05) is 0 Å². The van der Waals surface area contributed by atoms with Crippen LogP contribution in [0, 0.1) is 11.6 Å². The lowest BCUT2D eigenvalue weighted by Gasteiger charge is -2.09. The van der Waals surface area contributed by atoms with Gasteiger partial charge in [-0.05, 0) is 53.6 Å². The number of rotatable bonds is 7. The summed E-state index contributed by atoms with van der Waals surface area (Å²) in [5.74, 6) is -2.49. The molecule has 5 aromatic rings. The summed E-state index contributed by atoms with van der Waals surface area (Å²) >= 11 is 1.49. The van der Waals surface area contributed by atoms with Gasteiger partial charge in [0.25, 0.3) is 11.5 Å². The van der Waals surface area contributed by atoms with E-state index in [1.165, 1.54) is 34.2 Å². The number of aliphatic hydroxyl groups is 1. The third kappa shape index (κ3) is 4.68. The minimum Gasteiger partial charge on any atom is -0.392 e. The van der Waals surface area contributed by atoms with Gasteiger partial charge in [-0.15, -0.1) is 11.3 Å². The third-order valence-electron chi connectivity index (χ3n) is 5.72. The van der Waals surface area contributed by atoms with E-state index in [4.69, 9.17) is 0 Å². The quantitative estimate of drug-likeness (QED) is 0.308. The Bertz CT molecular complexity index is 1640. The molecule has 0 saturated carbocycles. The average Bonchev–Trinajstić information content (AvgIpc) is 3.52. The molecule has 0 spiro atoms. The number of hydrogen-bond donors (Lipinski definition) is 3. The van der Waals surface area contributed by atoms with Gasteiger partial charge in [-0.2, -0.15) is 0 Å². The fourth-order valence-corrected chi connectivity index (χ4v) is 4.86. The Morgan fingerprint density at radius 1 is 1.11 bits per heavy atom. The highest BCUT2D eigenvalue weighted by atomic mass is 32.1. The van der Waals surface area contributed by atoms with Crippen LogP contribution in [0.3, 0.4) is 0 Å². The van der Waals surface area contributed by atoms with Gasteiger partial charge in [0, 0.05) is 39.3 Å². The molecule has 0 aliphatic carbocycles. The van der Waals surface area contributed by atoms with E-state index in [0.29, 0.717) is 16.8 Å². The number of nitrogens with one attached hydrogen (secondary N) is 2. The molecule has 0 bridgehead atoms. The monoisotopic (exact) mass is 506 g/mol. The Morgan fingerprint density at radius 2 is 1.97 bits per heavy atom. The second-order valence-electron chi connectivity index (χ2n) is 8.15. The number of amides is 1. The number of carbonyl (C=O) groups excluding carboxylic acids is 1. The molecule has 36 heavy (non-hydrogen) atoms. The highest BCUT2D eigenvalue weighted by molar-refractivity contribution is 7.15. The summed E-state index contributed by atoms with van der Waals surface area (Å²) < 4.78 is 28.0. The first-order valence-corrected chi connectivity index (χ1v) is 11.8. The highest BCUT2D eigenvalue weighted by Gasteiger charge is 2.15. The molecule has 182 valence electrons. The van der Waals surface area contributed by atoms with Gasteiger partial charge in [0.15, 0.2) is 11.6 Å². The number of aromatic amines is 1. The standard InChI is InChI=1S/C26H20F2N4O3S/c27-21-5-3-15(9-22(21)28)13-32-7-1-2-18(26(32)35)25(34)31-11-17-4-6-23(36-17)20-12-30-24-19(20)8-16(14-33)10-29-24/h1-10,12,33H,11,13-14H2,(H,29,30)(H,31,34). The van der Waals surface area contributed by atoms with E-state index in [9.17, 15) is 23.5 Å². The third-order valence-corrected chi connectivity index (χ3v) is 6.84. The van der Waals surface area contributed by atoms with Crippen molar-refractivity contribution in [3.05, 3.63) is 111 Å². The van der Waals surface area contributed by atoms with Crippen LogP contribution < -0.4 is 10.9 Å². The number of fused-ring (bicyclic) bond motifs is 1. The minimum absolute atomic E-state index is 0.00289. The predicted octanol–water partition coefficient (Wildman–Crippen LogP) is 4.20. The molecule has 0 aliphatic rings. The SMILES string of the molecule is O=C(NCc1ccc(-c2c[nH]c3ncc(CO)cc23)s1)c1cccn(Cc2ccc(F)c(F)c2)c1=O. The molecule has 0 atom stereocenters. The number of nitrogens with zero attached hydrogens (tertiary/aromatic N) is 2. The Labute approximate surface area is 207 Å². The molecule has 7 nitrogen and oxygen atoms in total. The summed E-state index contributed by atoms with van der Waals surface area (Å²) in [4.78, 5) is 34.9. The molecule has 1 aromatic carbocycles. The molecular weight excluding hydrogens is 486 g/mol. The van der Waals surface area contributed by atoms with Gasteiger partial charge in [0.1, 0.15) is 11.2 Å². The number of carbonyl (C=O) groups is 1. The first kappa shape index (κ1) is 23.6. The normalized spacial score (nSPS) is 11.2. The van der Waals surface area contributed by atoms with Gasteiger partial charge in [-0.3, -0.25) is 9.59 Å². The summed E-state index contributed by atoms with van der Waals surface area (Å²) in [5, 5.41) is 13.1. The molecule has 10 heteroatoms. The van der Waals surface area contributed by atoms with Gasteiger partial charge in [-0.1, -0.05) is 6.07 Å². The maximum absolute atomic E-state index is 13.5. The fourth-order valence-electron chi connectivity index (χ4n) is 3.89. The van der Waals surface area contributed by atoms with Crippen LogP contribution in [0.5, 0.6) is 0 Å². The van der Waals surface area contributed by atoms with E-state index in [1.54, 1.807) is 12.3 Å². The summed E-state index contributed by atoms with van der Waals surface area (Å²) in [6.07, 6.45) is 4.96. The van der Waals surface area contributed by atoms with E-state index >= 15 is 0 Å². The lowest BCUT2D eigenvalue weighted by atomic mass is 10.1. The lowest BCUT2D eigenvalue weighted by Crippen LogP contribution is -2.32. The van der Waals surface area contributed by atoms with Crippen molar-refractivity contribution in [3.8, 4) is 10.4 Å². The Morgan fingerprint density at radius 3 is 2.78 bits per heavy atom. The van der Waals surface area contributed by atoms with Crippen LogP contribution >= 0.6 is 11.3 Å². The summed E-state index contributed by atoms with van der Waals surface area (Å²) in [7, 11) is 0. The molecule has 4 aromatic heterocycles. The number of halogens is 2. The zero-order valence-electron chi connectivity index (χ0n) is 18.8. The van der Waals surface area contributed by atoms with Crippen LogP contribution in [0.4, 0.5) is 8.78 Å². The summed E-state index contributed by atoms with van der Waals surface area (Å²) in [6.45, 7) is 0.129. The van der Waals surface area contributed by atoms with E-state index in [1.807, 2.05) is 24.4 Å². The second kappa shape index (κ2) is 9.84. The number of aliphatic hydroxyl groups excluding tert-OH is 1. The zero-order chi connectivity index (χ0) is 25.2. The van der Waals surface area contributed by atoms with Gasteiger partial charge in [0.2, 0.25) is 0 Å². The molecule has 0 unspecified atom stereocenters. The van der Waals surface area contributed by atoms with Crippen LogP contribution in [0.15, 0.2) is 71.9 Å².